The summed E-state index contributed by atoms with van der Waals surface area (Å²) in [6.45, 7) is 3.91. The van der Waals surface area contributed by atoms with Crippen molar-refractivity contribution in [3.05, 3.63) is 182 Å². The minimum atomic E-state index is -5.72. The first-order chi connectivity index (χ1) is 35.5. The summed E-state index contributed by atoms with van der Waals surface area (Å²) in [5, 5.41) is 22.8. The Bertz CT molecular complexity index is 2830. The van der Waals surface area contributed by atoms with E-state index in [9.17, 15) is 46.6 Å². The van der Waals surface area contributed by atoms with Gasteiger partial charge in [0.15, 0.2) is 0 Å². The third kappa shape index (κ3) is 22.3. The molecule has 30 heteroatoms. The molecule has 0 heterocycles. The standard InChI is InChI=1S/C8H10ClN.C7H7Cl2NO.C7H6F6N2O2.C7H8N2O3.C6H4Br3N.C6H4BrClIN.C6H7N/c1-5-3-7(9)4-6(2)8(5)10;1-11-6-3-4(8)2-5(9)7(6)10;8-3-1-5(9,15(16)17)2-6(10,4(3)14)7(11,12)13;1-12-7-4-5(9(10)11)2-3-6(7)8;7-3-1-4(8)6(10)5(9)2-3;7-4-1-3(9)2-5(8)6(4)10;7-6-4-2-1-3-5-6/h3-4H,10H2,1-2H3;2-3H,10H2,1H3;1,4H,2,14H2;2-4H,8H2,1H3;2*1-2H,10H2;1-5H,7H2. The van der Waals surface area contributed by atoms with E-state index < -0.39 is 45.8 Å². The molecule has 420 valence electrons. The zero-order valence-electron chi connectivity index (χ0n) is 40.2. The van der Waals surface area contributed by atoms with Crippen LogP contribution in [0.3, 0.4) is 0 Å². The molecule has 0 aromatic heterocycles. The summed E-state index contributed by atoms with van der Waals surface area (Å²) in [4.78, 5) is 18.1. The van der Waals surface area contributed by atoms with Crippen LogP contribution in [0.15, 0.2) is 127 Å². The predicted octanol–water partition coefficient (Wildman–Crippen LogP) is 16.2. The van der Waals surface area contributed by atoms with Crippen LogP contribution in [0.4, 0.5) is 66.2 Å². The van der Waals surface area contributed by atoms with Gasteiger partial charge in [-0.05, 0) is 156 Å². The van der Waals surface area contributed by atoms with E-state index in [1.54, 1.807) is 12.1 Å². The van der Waals surface area contributed by atoms with Crippen LogP contribution >= 0.6 is 133 Å². The van der Waals surface area contributed by atoms with Crippen molar-refractivity contribution in [1.29, 1.82) is 0 Å². The van der Waals surface area contributed by atoms with Gasteiger partial charge >= 0.3 is 12.0 Å². The van der Waals surface area contributed by atoms with E-state index in [1.165, 1.54) is 32.4 Å². The molecule has 0 radical (unpaired) electrons. The number of para-hydroxylation sites is 1. The Labute approximate surface area is 505 Å². The van der Waals surface area contributed by atoms with Crippen LogP contribution in [0.25, 0.3) is 0 Å². The number of anilines is 6. The number of nitrogens with zero attached hydrogens (tertiary/aromatic N) is 2. The summed E-state index contributed by atoms with van der Waals surface area (Å²) in [7, 11) is 2.92. The molecule has 7 rings (SSSR count). The molecule has 0 fully saturated rings. The van der Waals surface area contributed by atoms with Crippen LogP contribution < -0.4 is 49.6 Å². The van der Waals surface area contributed by atoms with Crippen LogP contribution in [0.5, 0.6) is 11.5 Å². The highest BCUT2D eigenvalue weighted by Gasteiger charge is 2.69. The van der Waals surface area contributed by atoms with Crippen molar-refractivity contribution in [1.82, 2.24) is 0 Å². The summed E-state index contributed by atoms with van der Waals surface area (Å²) in [5.74, 6) is -5.19. The lowest BCUT2D eigenvalue weighted by Crippen LogP contribution is -2.61. The van der Waals surface area contributed by atoms with E-state index >= 15 is 0 Å². The van der Waals surface area contributed by atoms with Gasteiger partial charge < -0.3 is 49.6 Å². The number of ether oxygens (including phenoxy) is 2. The molecule has 15 nitrogen and oxygen atoms in total. The first kappa shape index (κ1) is 70.6. The molecule has 0 aliphatic heterocycles. The number of non-ortho nitro benzene ring substituents is 1. The largest absolute Gasteiger partial charge is 0.494 e. The Hall–Kier alpha value is -4.39. The van der Waals surface area contributed by atoms with Crippen LogP contribution in [-0.4, -0.2) is 47.7 Å². The summed E-state index contributed by atoms with van der Waals surface area (Å²) in [6.07, 6.45) is -8.28. The number of nitrogens with two attached hydrogens (primary N) is 7. The normalized spacial score (nSPS) is 16.1. The van der Waals surface area contributed by atoms with Gasteiger partial charge in [0, 0.05) is 55.0 Å². The van der Waals surface area contributed by atoms with E-state index in [2.05, 4.69) is 92.0 Å². The molecule has 0 amide bonds. The molecular formula is C47H46Br4Cl4F6IN9O6. The fourth-order valence-electron chi connectivity index (χ4n) is 5.46. The lowest BCUT2D eigenvalue weighted by Gasteiger charge is -2.36. The van der Waals surface area contributed by atoms with E-state index in [0.717, 1.165) is 54.7 Å². The van der Waals surface area contributed by atoms with Crippen molar-refractivity contribution < 1.29 is 45.7 Å². The maximum absolute atomic E-state index is 13.5. The average molecular weight is 1540 g/mol. The zero-order valence-corrected chi connectivity index (χ0v) is 51.7. The van der Waals surface area contributed by atoms with Gasteiger partial charge in [0.05, 0.1) is 75.4 Å². The quantitative estimate of drug-likeness (QED) is 0.0216. The molecule has 3 atom stereocenters. The molecule has 6 aromatic carbocycles. The molecular weight excluding hydrogens is 1490 g/mol. The van der Waals surface area contributed by atoms with E-state index in [1.807, 2.05) is 80.6 Å². The lowest BCUT2D eigenvalue weighted by molar-refractivity contribution is -0.597. The second-order valence-electron chi connectivity index (χ2n) is 15.2. The number of halogens is 15. The third-order valence-corrected chi connectivity index (χ3v) is 13.7. The highest BCUT2D eigenvalue weighted by atomic mass is 127. The van der Waals surface area contributed by atoms with Crippen molar-refractivity contribution >= 4 is 173 Å². The monoisotopic (exact) mass is 1530 g/mol. The highest BCUT2D eigenvalue weighted by molar-refractivity contribution is 14.1. The maximum atomic E-state index is 13.5. The Balaban J connectivity index is 0.000000455. The van der Waals surface area contributed by atoms with Gasteiger partial charge in [-0.25, -0.2) is 8.78 Å². The number of nitrogen functional groups attached to an aromatic ring is 6. The van der Waals surface area contributed by atoms with Crippen LogP contribution in [0.2, 0.25) is 20.1 Å². The van der Waals surface area contributed by atoms with E-state index in [0.29, 0.717) is 43.6 Å². The van der Waals surface area contributed by atoms with Crippen molar-refractivity contribution in [2.75, 3.05) is 48.6 Å². The second kappa shape index (κ2) is 32.0. The second-order valence-corrected chi connectivity index (χ2v) is 21.6. The molecule has 0 saturated heterocycles. The van der Waals surface area contributed by atoms with E-state index in [-0.39, 0.29) is 11.8 Å². The number of aryl methyl sites for hydroxylation is 2. The third-order valence-electron chi connectivity index (χ3n) is 9.58. The first-order valence-electron chi connectivity index (χ1n) is 20.7. The predicted molar refractivity (Wildman–Crippen MR) is 320 cm³/mol. The zero-order chi connectivity index (χ0) is 59.5. The SMILES string of the molecule is COc1cc(Cl)cc(Cl)c1N.COc1cc([N+](=O)[O-])ccc1N.Cc1cc(Cl)cc(C)c1N.NC1C(F)=CC(F)([N+](=O)[O-])CC1(F)C(F)(F)F.Nc1c(Br)cc(Br)cc1Br.Nc1c(Cl)cc(I)cc1Br.Nc1ccccc1. The van der Waals surface area contributed by atoms with Gasteiger partial charge in [0.2, 0.25) is 5.67 Å². The molecule has 1 aliphatic carbocycles. The molecule has 6 aromatic rings. The Morgan fingerprint density at radius 1 is 0.675 bits per heavy atom. The Kier molecular flexibility index (Phi) is 29.4. The fraction of sp³-hybridized carbons (Fsp3) is 0.191. The summed E-state index contributed by atoms with van der Waals surface area (Å²) < 4.78 is 91.1. The number of nitro groups is 2. The lowest BCUT2D eigenvalue weighted by atomic mass is 9.82. The minimum Gasteiger partial charge on any atom is -0.494 e. The van der Waals surface area contributed by atoms with Crippen LogP contribution in [0.1, 0.15) is 17.5 Å². The van der Waals surface area contributed by atoms with Gasteiger partial charge in [-0.2, -0.15) is 17.6 Å². The number of nitro benzene ring substituents is 1. The molecule has 77 heavy (non-hydrogen) atoms. The van der Waals surface area contributed by atoms with Gasteiger partial charge in [0.25, 0.3) is 5.69 Å². The molecule has 0 bridgehead atoms. The van der Waals surface area contributed by atoms with Crippen molar-refractivity contribution in [3.8, 4) is 11.5 Å². The molecule has 0 spiro atoms. The van der Waals surface area contributed by atoms with Gasteiger partial charge in [-0.3, -0.25) is 20.2 Å². The Morgan fingerprint density at radius 3 is 1.58 bits per heavy atom. The molecule has 0 saturated carbocycles. The summed E-state index contributed by atoms with van der Waals surface area (Å²) in [5.41, 5.74) is 39.2. The summed E-state index contributed by atoms with van der Waals surface area (Å²) in [6, 6.07) is 25.2. The number of methoxy groups -OCH3 is 2. The van der Waals surface area contributed by atoms with Gasteiger partial charge in [-0.1, -0.05) is 80.5 Å². The fourth-order valence-corrected chi connectivity index (χ4v) is 10.5. The summed E-state index contributed by atoms with van der Waals surface area (Å²) >= 11 is 38.3. The highest BCUT2D eigenvalue weighted by Crippen LogP contribution is 2.48. The smallest absolute Gasteiger partial charge is 0.424 e. The minimum absolute atomic E-state index is 0.0268. The van der Waals surface area contributed by atoms with Gasteiger partial charge in [0.1, 0.15) is 23.4 Å². The van der Waals surface area contributed by atoms with E-state index in [4.69, 9.17) is 90.3 Å². The van der Waals surface area contributed by atoms with Crippen LogP contribution in [0, 0.1) is 37.6 Å². The topological polar surface area (TPSA) is 287 Å². The first-order valence-corrected chi connectivity index (χ1v) is 26.4. The number of alkyl halides is 5. The van der Waals surface area contributed by atoms with Crippen molar-refractivity contribution in [2.45, 2.75) is 43.9 Å². The number of rotatable bonds is 4. The Morgan fingerprint density at radius 2 is 1.16 bits per heavy atom. The number of hydrogen-bond donors (Lipinski definition) is 7. The molecule has 3 unspecified atom stereocenters. The maximum Gasteiger partial charge on any atom is 0.424 e. The van der Waals surface area contributed by atoms with Crippen molar-refractivity contribution in [3.63, 3.8) is 0 Å². The van der Waals surface area contributed by atoms with Crippen LogP contribution in [-0.2, 0) is 0 Å². The number of hydrogen-bond acceptors (Lipinski definition) is 13. The molecule has 1 aliphatic rings. The average Bonchev–Trinajstić information content (AvgIpc) is 3.33. The number of benzene rings is 6. The van der Waals surface area contributed by atoms with Crippen molar-refractivity contribution in [2.24, 2.45) is 5.73 Å². The molecule has 14 N–H and O–H groups in total. The van der Waals surface area contributed by atoms with Gasteiger partial charge in [-0.15, -0.1) is 0 Å².